The summed E-state index contributed by atoms with van der Waals surface area (Å²) in [4.78, 5) is 4.11. The number of rotatable bonds is 2. The third-order valence-corrected chi connectivity index (χ3v) is 3.11. The number of aromatic nitrogens is 3. The van der Waals surface area contributed by atoms with Crippen molar-refractivity contribution in [3.05, 3.63) is 53.9 Å². The lowest BCUT2D eigenvalue weighted by atomic mass is 10.0. The third-order valence-electron chi connectivity index (χ3n) is 3.11. The number of fused-ring (bicyclic) bond motifs is 1. The van der Waals surface area contributed by atoms with E-state index in [1.165, 1.54) is 16.6 Å². The second-order valence-electron chi connectivity index (χ2n) is 4.57. The Morgan fingerprint density at radius 2 is 2.10 bits per heavy atom. The fourth-order valence-corrected chi connectivity index (χ4v) is 2.11. The standard InChI is InChI=1S/C14H12F2N4/c1-8(17)10-7-12-18-5-6-20(12)19-14(10)9-3-2-4-11(15)13(9)16/h2-8H,17H2,1H3/t8-/m0/s1. The van der Waals surface area contributed by atoms with E-state index in [1.54, 1.807) is 25.4 Å². The van der Waals surface area contributed by atoms with E-state index in [-0.39, 0.29) is 11.6 Å². The van der Waals surface area contributed by atoms with Crippen molar-refractivity contribution in [1.82, 2.24) is 14.6 Å². The molecule has 0 aliphatic rings. The molecular formula is C14H12F2N4. The quantitative estimate of drug-likeness (QED) is 0.781. The lowest BCUT2D eigenvalue weighted by Crippen LogP contribution is -2.10. The van der Waals surface area contributed by atoms with Gasteiger partial charge in [-0.15, -0.1) is 0 Å². The molecule has 3 rings (SSSR count). The van der Waals surface area contributed by atoms with Gasteiger partial charge in [0.1, 0.15) is 0 Å². The van der Waals surface area contributed by atoms with Crippen LogP contribution < -0.4 is 5.73 Å². The minimum Gasteiger partial charge on any atom is -0.324 e. The summed E-state index contributed by atoms with van der Waals surface area (Å²) in [5.74, 6) is -1.84. The lowest BCUT2D eigenvalue weighted by molar-refractivity contribution is 0.510. The van der Waals surface area contributed by atoms with E-state index in [0.29, 0.717) is 16.9 Å². The van der Waals surface area contributed by atoms with Gasteiger partial charge in [-0.3, -0.25) is 0 Å². The first-order valence-corrected chi connectivity index (χ1v) is 6.12. The zero-order chi connectivity index (χ0) is 14.3. The number of hydrogen-bond acceptors (Lipinski definition) is 3. The van der Waals surface area contributed by atoms with E-state index in [0.717, 1.165) is 6.07 Å². The molecule has 0 bridgehead atoms. The van der Waals surface area contributed by atoms with Crippen LogP contribution in [0.15, 0.2) is 36.7 Å². The monoisotopic (exact) mass is 274 g/mol. The largest absolute Gasteiger partial charge is 0.324 e. The Labute approximate surface area is 113 Å². The number of benzene rings is 1. The number of nitrogens with zero attached hydrogens (tertiary/aromatic N) is 3. The van der Waals surface area contributed by atoms with E-state index in [1.807, 2.05) is 0 Å². The number of nitrogens with two attached hydrogens (primary N) is 1. The first-order chi connectivity index (χ1) is 9.58. The molecule has 20 heavy (non-hydrogen) atoms. The molecule has 0 saturated heterocycles. The first kappa shape index (κ1) is 12.7. The molecule has 0 aliphatic carbocycles. The van der Waals surface area contributed by atoms with Gasteiger partial charge in [0.25, 0.3) is 0 Å². The summed E-state index contributed by atoms with van der Waals surface area (Å²) < 4.78 is 28.9. The highest BCUT2D eigenvalue weighted by atomic mass is 19.2. The molecule has 102 valence electrons. The van der Waals surface area contributed by atoms with Crippen LogP contribution in [0.2, 0.25) is 0 Å². The van der Waals surface area contributed by atoms with Crippen LogP contribution in [-0.4, -0.2) is 14.6 Å². The predicted molar refractivity (Wildman–Crippen MR) is 70.9 cm³/mol. The minimum absolute atomic E-state index is 0.0906. The topological polar surface area (TPSA) is 56.2 Å². The molecule has 0 saturated carbocycles. The Morgan fingerprint density at radius 1 is 1.30 bits per heavy atom. The lowest BCUT2D eigenvalue weighted by Gasteiger charge is -2.13. The molecule has 1 atom stereocenters. The predicted octanol–water partition coefficient (Wildman–Crippen LogP) is 2.69. The van der Waals surface area contributed by atoms with E-state index < -0.39 is 11.6 Å². The van der Waals surface area contributed by atoms with Crippen molar-refractivity contribution in [1.29, 1.82) is 0 Å². The maximum atomic E-state index is 14.0. The molecule has 1 aromatic carbocycles. The van der Waals surface area contributed by atoms with Gasteiger partial charge in [-0.2, -0.15) is 5.10 Å². The van der Waals surface area contributed by atoms with E-state index >= 15 is 0 Å². The molecule has 4 nitrogen and oxygen atoms in total. The molecule has 0 amide bonds. The summed E-state index contributed by atoms with van der Waals surface area (Å²) in [5.41, 5.74) is 7.55. The Bertz CT molecular complexity index is 780. The Balaban J connectivity index is 2.33. The molecule has 0 spiro atoms. The van der Waals surface area contributed by atoms with Crippen LogP contribution in [0.4, 0.5) is 8.78 Å². The molecular weight excluding hydrogens is 262 g/mol. The maximum Gasteiger partial charge on any atom is 0.168 e. The molecule has 0 aliphatic heterocycles. The van der Waals surface area contributed by atoms with E-state index in [2.05, 4.69) is 10.1 Å². The van der Waals surface area contributed by atoms with Crippen LogP contribution >= 0.6 is 0 Å². The summed E-state index contributed by atoms with van der Waals surface area (Å²) in [6.07, 6.45) is 3.22. The molecule has 0 radical (unpaired) electrons. The molecule has 2 heterocycles. The van der Waals surface area contributed by atoms with Crippen LogP contribution in [0.25, 0.3) is 16.9 Å². The van der Waals surface area contributed by atoms with Gasteiger partial charge in [0.05, 0.1) is 5.69 Å². The highest BCUT2D eigenvalue weighted by molar-refractivity contribution is 5.66. The van der Waals surface area contributed by atoms with Gasteiger partial charge in [-0.05, 0) is 25.1 Å². The zero-order valence-corrected chi connectivity index (χ0v) is 10.7. The van der Waals surface area contributed by atoms with Crippen LogP contribution in [0.3, 0.4) is 0 Å². The summed E-state index contributed by atoms with van der Waals surface area (Å²) in [6.45, 7) is 1.76. The van der Waals surface area contributed by atoms with Gasteiger partial charge >= 0.3 is 0 Å². The first-order valence-electron chi connectivity index (χ1n) is 6.12. The molecule has 0 fully saturated rings. The number of imidazole rings is 1. The Kier molecular flexibility index (Phi) is 2.94. The van der Waals surface area contributed by atoms with Crippen molar-refractivity contribution < 1.29 is 8.78 Å². The fraction of sp³-hybridized carbons (Fsp3) is 0.143. The van der Waals surface area contributed by atoms with Crippen molar-refractivity contribution >= 4 is 5.65 Å². The Hall–Kier alpha value is -2.34. The molecule has 0 unspecified atom stereocenters. The molecule has 2 aromatic heterocycles. The molecule has 2 N–H and O–H groups in total. The number of hydrogen-bond donors (Lipinski definition) is 1. The van der Waals surface area contributed by atoms with Crippen molar-refractivity contribution in [3.63, 3.8) is 0 Å². The van der Waals surface area contributed by atoms with Crippen molar-refractivity contribution in [2.75, 3.05) is 0 Å². The summed E-state index contributed by atoms with van der Waals surface area (Å²) in [7, 11) is 0. The Morgan fingerprint density at radius 3 is 2.85 bits per heavy atom. The van der Waals surface area contributed by atoms with Crippen LogP contribution in [-0.2, 0) is 0 Å². The smallest absolute Gasteiger partial charge is 0.168 e. The SMILES string of the molecule is C[C@H](N)c1cc2nccn2nc1-c1cccc(F)c1F. The summed E-state index contributed by atoms with van der Waals surface area (Å²) in [5, 5.41) is 4.30. The van der Waals surface area contributed by atoms with E-state index in [9.17, 15) is 8.78 Å². The normalized spacial score (nSPS) is 12.8. The van der Waals surface area contributed by atoms with Crippen LogP contribution in [0.5, 0.6) is 0 Å². The van der Waals surface area contributed by atoms with E-state index in [4.69, 9.17) is 5.73 Å². The van der Waals surface area contributed by atoms with Gasteiger partial charge in [-0.25, -0.2) is 18.3 Å². The summed E-state index contributed by atoms with van der Waals surface area (Å²) >= 11 is 0. The van der Waals surface area contributed by atoms with Gasteiger partial charge in [0.2, 0.25) is 0 Å². The third kappa shape index (κ3) is 1.94. The maximum absolute atomic E-state index is 14.0. The fourth-order valence-electron chi connectivity index (χ4n) is 2.11. The zero-order valence-electron chi connectivity index (χ0n) is 10.7. The minimum atomic E-state index is -0.929. The second kappa shape index (κ2) is 4.64. The highest BCUT2D eigenvalue weighted by Gasteiger charge is 2.18. The van der Waals surface area contributed by atoms with Gasteiger partial charge in [-0.1, -0.05) is 6.07 Å². The number of halogens is 2. The second-order valence-corrected chi connectivity index (χ2v) is 4.57. The molecule has 6 heteroatoms. The van der Waals surface area contributed by atoms with Gasteiger partial charge in [0.15, 0.2) is 17.3 Å². The van der Waals surface area contributed by atoms with Gasteiger partial charge < -0.3 is 5.73 Å². The van der Waals surface area contributed by atoms with Crippen LogP contribution in [0, 0.1) is 11.6 Å². The average molecular weight is 274 g/mol. The van der Waals surface area contributed by atoms with Crippen molar-refractivity contribution in [2.45, 2.75) is 13.0 Å². The average Bonchev–Trinajstić information content (AvgIpc) is 2.87. The summed E-state index contributed by atoms with van der Waals surface area (Å²) in [6, 6.07) is 5.35. The van der Waals surface area contributed by atoms with Crippen LogP contribution in [0.1, 0.15) is 18.5 Å². The highest BCUT2D eigenvalue weighted by Crippen LogP contribution is 2.29. The molecule has 3 aromatic rings. The van der Waals surface area contributed by atoms with Crippen molar-refractivity contribution in [3.8, 4) is 11.3 Å². The van der Waals surface area contributed by atoms with Gasteiger partial charge in [0, 0.05) is 29.6 Å². The van der Waals surface area contributed by atoms with Crippen molar-refractivity contribution in [2.24, 2.45) is 5.73 Å².